The van der Waals surface area contributed by atoms with Gasteiger partial charge in [-0.2, -0.15) is 0 Å². The van der Waals surface area contributed by atoms with Gasteiger partial charge in [0.1, 0.15) is 0 Å². The van der Waals surface area contributed by atoms with Crippen LogP contribution in [0.1, 0.15) is 119 Å². The highest BCUT2D eigenvalue weighted by Crippen LogP contribution is 2.15. The Morgan fingerprint density at radius 1 is 0.500 bits per heavy atom. The maximum absolute atomic E-state index is 6.04. The molecule has 0 bridgehead atoms. The van der Waals surface area contributed by atoms with Crippen LogP contribution >= 0.6 is 0 Å². The van der Waals surface area contributed by atoms with Gasteiger partial charge in [0.15, 0.2) is 0 Å². The summed E-state index contributed by atoms with van der Waals surface area (Å²) in [6.07, 6.45) is 15.3. The van der Waals surface area contributed by atoms with E-state index in [9.17, 15) is 0 Å². The van der Waals surface area contributed by atoms with Gasteiger partial charge in [0.25, 0.3) is 0 Å². The third-order valence-electron chi connectivity index (χ3n) is 5.45. The molecule has 168 valence electrons. The Hall–Kier alpha value is -0.0551. The molecule has 0 spiro atoms. The van der Waals surface area contributed by atoms with Crippen molar-refractivity contribution in [1.82, 2.24) is 0 Å². The van der Waals surface area contributed by atoms with Crippen molar-refractivity contribution in [2.45, 2.75) is 119 Å². The largest absolute Gasteiger partial charge is 0.639 e. The molecule has 0 amide bonds. The summed E-state index contributed by atoms with van der Waals surface area (Å²) in [6, 6.07) is 0. The van der Waals surface area contributed by atoms with Gasteiger partial charge in [0.2, 0.25) is 0 Å². The van der Waals surface area contributed by atoms with E-state index in [0.29, 0.717) is 17.8 Å². The molecule has 0 aromatic carbocycles. The maximum atomic E-state index is 6.04. The predicted octanol–water partition coefficient (Wildman–Crippen LogP) is 7.67. The summed E-state index contributed by atoms with van der Waals surface area (Å²) in [5.41, 5.74) is 0. The van der Waals surface area contributed by atoms with E-state index in [1.807, 2.05) is 0 Å². The molecule has 0 radical (unpaired) electrons. The zero-order valence-corrected chi connectivity index (χ0v) is 20.1. The fraction of sp³-hybridized carbons (Fsp3) is 1.00. The van der Waals surface area contributed by atoms with E-state index in [2.05, 4.69) is 41.5 Å². The second-order valence-corrected chi connectivity index (χ2v) is 9.09. The molecule has 0 N–H and O–H groups in total. The van der Waals surface area contributed by atoms with E-state index >= 15 is 0 Å². The first-order valence-electron chi connectivity index (χ1n) is 12.4. The summed E-state index contributed by atoms with van der Waals surface area (Å²) < 4.78 is 18.1. The van der Waals surface area contributed by atoms with E-state index in [4.69, 9.17) is 14.0 Å². The van der Waals surface area contributed by atoms with Crippen LogP contribution in [0.5, 0.6) is 0 Å². The molecule has 0 rings (SSSR count). The zero-order chi connectivity index (χ0) is 21.0. The summed E-state index contributed by atoms with van der Waals surface area (Å²) >= 11 is 0. The standard InChI is InChI=1S/C24H51BO3/c1-7-10-13-16-22(4)19-26-25(27-20-23(5)17-14-11-8-2)28-21-24(6)18-15-12-9-3/h22-24H,7-21H2,1-6H3. The summed E-state index contributed by atoms with van der Waals surface area (Å²) in [7, 11) is -0.504. The lowest BCUT2D eigenvalue weighted by Crippen LogP contribution is -2.32. The van der Waals surface area contributed by atoms with Crippen molar-refractivity contribution < 1.29 is 14.0 Å². The monoisotopic (exact) mass is 398 g/mol. The van der Waals surface area contributed by atoms with Crippen molar-refractivity contribution in [1.29, 1.82) is 0 Å². The number of hydrogen-bond donors (Lipinski definition) is 0. The van der Waals surface area contributed by atoms with Crippen molar-refractivity contribution in [3.63, 3.8) is 0 Å². The first-order chi connectivity index (χ1) is 13.5. The lowest BCUT2D eigenvalue weighted by atomic mass is 10.0. The summed E-state index contributed by atoms with van der Waals surface area (Å²) in [6.45, 7) is 15.7. The second kappa shape index (κ2) is 20.2. The number of hydrogen-bond acceptors (Lipinski definition) is 3. The van der Waals surface area contributed by atoms with Gasteiger partial charge < -0.3 is 14.0 Å². The van der Waals surface area contributed by atoms with Gasteiger partial charge in [-0.15, -0.1) is 0 Å². The first kappa shape index (κ1) is 27.9. The van der Waals surface area contributed by atoms with E-state index in [0.717, 1.165) is 19.8 Å². The van der Waals surface area contributed by atoms with Crippen molar-refractivity contribution in [3.05, 3.63) is 0 Å². The molecular weight excluding hydrogens is 347 g/mol. The van der Waals surface area contributed by atoms with Gasteiger partial charge in [-0.3, -0.25) is 0 Å². The van der Waals surface area contributed by atoms with Gasteiger partial charge in [0, 0.05) is 19.8 Å². The molecule has 3 unspecified atom stereocenters. The summed E-state index contributed by atoms with van der Waals surface area (Å²) in [5, 5.41) is 0. The highest BCUT2D eigenvalue weighted by atomic mass is 16.7. The molecule has 4 heteroatoms. The molecule has 3 nitrogen and oxygen atoms in total. The van der Waals surface area contributed by atoms with Crippen LogP contribution in [0.3, 0.4) is 0 Å². The lowest BCUT2D eigenvalue weighted by Gasteiger charge is -2.21. The SMILES string of the molecule is CCCCCC(C)COB(OCC(C)CCCCC)OCC(C)CCCCC. The van der Waals surface area contributed by atoms with Gasteiger partial charge in [-0.1, -0.05) is 99.3 Å². The smallest absolute Gasteiger partial charge is 0.386 e. The van der Waals surface area contributed by atoms with Gasteiger partial charge in [0.05, 0.1) is 0 Å². The van der Waals surface area contributed by atoms with Gasteiger partial charge >= 0.3 is 7.32 Å². The van der Waals surface area contributed by atoms with Crippen LogP contribution in [0.2, 0.25) is 0 Å². The van der Waals surface area contributed by atoms with Crippen LogP contribution in [0.4, 0.5) is 0 Å². The molecule has 0 aromatic rings. The minimum atomic E-state index is -0.504. The van der Waals surface area contributed by atoms with Crippen molar-refractivity contribution in [2.24, 2.45) is 17.8 Å². The van der Waals surface area contributed by atoms with E-state index in [1.54, 1.807) is 0 Å². The molecule has 0 saturated heterocycles. The first-order valence-corrected chi connectivity index (χ1v) is 12.4. The van der Waals surface area contributed by atoms with Gasteiger partial charge in [-0.05, 0) is 37.0 Å². The summed E-state index contributed by atoms with van der Waals surface area (Å²) in [5.74, 6) is 1.68. The fourth-order valence-electron chi connectivity index (χ4n) is 3.35. The Morgan fingerprint density at radius 2 is 0.786 bits per heavy atom. The Balaban J connectivity index is 4.27. The molecule has 0 heterocycles. The Kier molecular flexibility index (Phi) is 20.2. The van der Waals surface area contributed by atoms with Crippen LogP contribution in [0.25, 0.3) is 0 Å². The average molecular weight is 398 g/mol. The lowest BCUT2D eigenvalue weighted by molar-refractivity contribution is 0.0599. The predicted molar refractivity (Wildman–Crippen MR) is 124 cm³/mol. The van der Waals surface area contributed by atoms with E-state index in [1.165, 1.54) is 77.0 Å². The van der Waals surface area contributed by atoms with Crippen molar-refractivity contribution in [2.75, 3.05) is 19.8 Å². The highest BCUT2D eigenvalue weighted by molar-refractivity contribution is 6.36. The van der Waals surface area contributed by atoms with Crippen molar-refractivity contribution in [3.8, 4) is 0 Å². The Bertz CT molecular complexity index is 267. The fourth-order valence-corrected chi connectivity index (χ4v) is 3.35. The average Bonchev–Trinajstić information content (AvgIpc) is 2.68. The molecule has 0 aliphatic rings. The zero-order valence-electron chi connectivity index (χ0n) is 20.1. The minimum Gasteiger partial charge on any atom is -0.386 e. The van der Waals surface area contributed by atoms with Crippen molar-refractivity contribution >= 4 is 7.32 Å². The molecule has 0 aromatic heterocycles. The van der Waals surface area contributed by atoms with Gasteiger partial charge in [-0.25, -0.2) is 0 Å². The molecule has 28 heavy (non-hydrogen) atoms. The Morgan fingerprint density at radius 3 is 1.04 bits per heavy atom. The molecule has 3 atom stereocenters. The summed E-state index contributed by atoms with van der Waals surface area (Å²) in [4.78, 5) is 0. The van der Waals surface area contributed by atoms with E-state index < -0.39 is 7.32 Å². The number of rotatable bonds is 21. The third-order valence-corrected chi connectivity index (χ3v) is 5.45. The van der Waals surface area contributed by atoms with Crippen LogP contribution in [-0.2, 0) is 14.0 Å². The third kappa shape index (κ3) is 18.0. The highest BCUT2D eigenvalue weighted by Gasteiger charge is 2.24. The minimum absolute atomic E-state index is 0.504. The maximum Gasteiger partial charge on any atom is 0.639 e. The van der Waals surface area contributed by atoms with Crippen LogP contribution in [-0.4, -0.2) is 27.1 Å². The van der Waals surface area contributed by atoms with Crippen LogP contribution < -0.4 is 0 Å². The molecule has 0 saturated carbocycles. The normalized spacial score (nSPS) is 14.8. The number of unbranched alkanes of at least 4 members (excludes halogenated alkanes) is 6. The topological polar surface area (TPSA) is 27.7 Å². The van der Waals surface area contributed by atoms with E-state index in [-0.39, 0.29) is 0 Å². The quantitative estimate of drug-likeness (QED) is 0.147. The molecule has 0 aliphatic carbocycles. The molecule has 0 fully saturated rings. The molecular formula is C24H51BO3. The second-order valence-electron chi connectivity index (χ2n) is 9.09. The molecule has 0 aliphatic heterocycles. The van der Waals surface area contributed by atoms with Crippen LogP contribution in [0, 0.1) is 17.8 Å². The van der Waals surface area contributed by atoms with Crippen LogP contribution in [0.15, 0.2) is 0 Å². The Labute approximate surface area is 177 Å².